The van der Waals surface area contributed by atoms with Gasteiger partial charge in [-0.3, -0.25) is 14.5 Å². The summed E-state index contributed by atoms with van der Waals surface area (Å²) >= 11 is 0. The van der Waals surface area contributed by atoms with E-state index in [0.29, 0.717) is 37.2 Å². The Labute approximate surface area is 221 Å². The lowest BCUT2D eigenvalue weighted by Crippen LogP contribution is -2.50. The Morgan fingerprint density at radius 2 is 1.68 bits per heavy atom. The number of piperazine rings is 1. The van der Waals surface area contributed by atoms with Gasteiger partial charge in [0.25, 0.3) is 11.8 Å². The number of likely N-dealkylation sites (N-methyl/N-ethyl adjacent to an activating group) is 1. The maximum Gasteiger partial charge on any atom is 0.416 e. The molecule has 2 N–H and O–H groups in total. The number of hydrogen-bond donors (Lipinski definition) is 2. The largest absolute Gasteiger partial charge is 0.416 e. The van der Waals surface area contributed by atoms with Crippen LogP contribution in [0, 0.1) is 0 Å². The van der Waals surface area contributed by atoms with Crippen molar-refractivity contribution in [2.75, 3.05) is 38.5 Å². The molecule has 1 saturated carbocycles. The Balaban J connectivity index is 1.50. The van der Waals surface area contributed by atoms with Gasteiger partial charge in [-0.05, 0) is 75.5 Å². The van der Waals surface area contributed by atoms with Gasteiger partial charge in [-0.15, -0.1) is 0 Å². The molecule has 2 aliphatic rings. The molecular formula is C29H35F3N4O2. The smallest absolute Gasteiger partial charge is 0.343 e. The van der Waals surface area contributed by atoms with E-state index in [9.17, 15) is 22.8 Å². The average molecular weight is 529 g/mol. The van der Waals surface area contributed by atoms with Crippen molar-refractivity contribution in [2.24, 2.45) is 0 Å². The van der Waals surface area contributed by atoms with Crippen molar-refractivity contribution < 1.29 is 22.8 Å². The second kappa shape index (κ2) is 11.3. The lowest BCUT2D eigenvalue weighted by molar-refractivity contribution is -0.138. The monoisotopic (exact) mass is 528 g/mol. The highest BCUT2D eigenvalue weighted by Crippen LogP contribution is 2.42. The van der Waals surface area contributed by atoms with E-state index in [0.717, 1.165) is 31.1 Å². The van der Waals surface area contributed by atoms with Crippen LogP contribution in [0.15, 0.2) is 54.1 Å². The molecule has 1 aliphatic heterocycles. The number of amides is 2. The van der Waals surface area contributed by atoms with Crippen molar-refractivity contribution in [3.05, 3.63) is 76.4 Å². The molecule has 1 heterocycles. The van der Waals surface area contributed by atoms with Crippen LogP contribution in [0.2, 0.25) is 0 Å². The maximum absolute atomic E-state index is 14.0. The van der Waals surface area contributed by atoms with Gasteiger partial charge < -0.3 is 15.5 Å². The minimum atomic E-state index is -4.56. The van der Waals surface area contributed by atoms with E-state index in [1.54, 1.807) is 32.1 Å². The summed E-state index contributed by atoms with van der Waals surface area (Å²) in [6.07, 6.45) is -0.549. The topological polar surface area (TPSA) is 64.7 Å². The van der Waals surface area contributed by atoms with Crippen molar-refractivity contribution in [1.29, 1.82) is 0 Å². The Kier molecular flexibility index (Phi) is 8.28. The number of rotatable bonds is 7. The summed E-state index contributed by atoms with van der Waals surface area (Å²) in [6.45, 7) is 6.75. The standard InChI is InChI=1S/C29H35F3N4O2/c1-4-20(2)26(37)33-24-10-8-23(9-11-24)28(12-5-13-28)34-27(38)21-6-7-22(25(18-21)29(30,31)32)19-36-16-14-35(3)15-17-36/h4,6-11,18H,5,12-17,19H2,1-3H3,(H,33,37)(H,34,38)/b20-4+. The lowest BCUT2D eigenvalue weighted by atomic mass is 9.71. The summed E-state index contributed by atoms with van der Waals surface area (Å²) in [6, 6.07) is 11.2. The summed E-state index contributed by atoms with van der Waals surface area (Å²) in [4.78, 5) is 29.5. The molecule has 0 bridgehead atoms. The number of benzene rings is 2. The third-order valence-corrected chi connectivity index (χ3v) is 7.71. The molecule has 9 heteroatoms. The number of halogens is 3. The van der Waals surface area contributed by atoms with Gasteiger partial charge in [0.05, 0.1) is 11.1 Å². The highest BCUT2D eigenvalue weighted by molar-refractivity contribution is 6.03. The molecule has 2 aromatic carbocycles. The summed E-state index contributed by atoms with van der Waals surface area (Å²) in [5.41, 5.74) is 0.870. The van der Waals surface area contributed by atoms with Crippen LogP contribution in [0.4, 0.5) is 18.9 Å². The van der Waals surface area contributed by atoms with Crippen LogP contribution in [0.5, 0.6) is 0 Å². The average Bonchev–Trinajstić information content (AvgIpc) is 2.87. The molecule has 1 saturated heterocycles. The number of nitrogens with one attached hydrogen (secondary N) is 2. The first-order chi connectivity index (χ1) is 18.0. The van der Waals surface area contributed by atoms with Gasteiger partial charge in [-0.2, -0.15) is 13.2 Å². The van der Waals surface area contributed by atoms with Gasteiger partial charge >= 0.3 is 6.18 Å². The molecule has 6 nitrogen and oxygen atoms in total. The normalized spacial score (nSPS) is 18.5. The zero-order valence-corrected chi connectivity index (χ0v) is 22.1. The molecule has 1 aliphatic carbocycles. The molecule has 0 radical (unpaired) electrons. The van der Waals surface area contributed by atoms with Gasteiger partial charge in [0.1, 0.15) is 0 Å². The molecule has 0 atom stereocenters. The van der Waals surface area contributed by atoms with E-state index < -0.39 is 23.2 Å². The van der Waals surface area contributed by atoms with Crippen LogP contribution in [-0.4, -0.2) is 54.8 Å². The number of hydrogen-bond acceptors (Lipinski definition) is 4. The molecule has 4 rings (SSSR count). The van der Waals surface area contributed by atoms with Gasteiger partial charge in [0, 0.05) is 49.5 Å². The van der Waals surface area contributed by atoms with Crippen molar-refractivity contribution >= 4 is 17.5 Å². The fraction of sp³-hybridized carbons (Fsp3) is 0.448. The van der Waals surface area contributed by atoms with Gasteiger partial charge in [0.15, 0.2) is 0 Å². The SMILES string of the molecule is C/C=C(\C)C(=O)Nc1ccc(C2(NC(=O)c3ccc(CN4CCN(C)CC4)c(C(F)(F)F)c3)CCC2)cc1. The van der Waals surface area contributed by atoms with E-state index in [-0.39, 0.29) is 23.6 Å². The number of carbonyl (C=O) groups excluding carboxylic acids is 2. The summed E-state index contributed by atoms with van der Waals surface area (Å²) in [5.74, 6) is -0.717. The minimum absolute atomic E-state index is 0.00330. The van der Waals surface area contributed by atoms with Crippen LogP contribution >= 0.6 is 0 Å². The minimum Gasteiger partial charge on any atom is -0.343 e. The van der Waals surface area contributed by atoms with Crippen LogP contribution in [0.3, 0.4) is 0 Å². The van der Waals surface area contributed by atoms with E-state index in [2.05, 4.69) is 15.5 Å². The predicted octanol–water partition coefficient (Wildman–Crippen LogP) is 5.17. The van der Waals surface area contributed by atoms with E-state index in [4.69, 9.17) is 0 Å². The van der Waals surface area contributed by atoms with Crippen molar-refractivity contribution in [3.63, 3.8) is 0 Å². The molecule has 0 aromatic heterocycles. The summed E-state index contributed by atoms with van der Waals surface area (Å²) in [5, 5.41) is 5.84. The molecule has 2 aromatic rings. The lowest BCUT2D eigenvalue weighted by Gasteiger charge is -2.43. The second-order valence-electron chi connectivity index (χ2n) is 10.3. The van der Waals surface area contributed by atoms with Crippen LogP contribution in [-0.2, 0) is 23.1 Å². The van der Waals surface area contributed by atoms with E-state index >= 15 is 0 Å². The Bertz CT molecular complexity index is 1200. The van der Waals surface area contributed by atoms with Crippen molar-refractivity contribution in [3.8, 4) is 0 Å². The number of anilines is 1. The molecule has 38 heavy (non-hydrogen) atoms. The number of allylic oxidation sites excluding steroid dienone is 1. The molecule has 2 amide bonds. The molecule has 0 unspecified atom stereocenters. The quantitative estimate of drug-likeness (QED) is 0.487. The molecule has 0 spiro atoms. The Morgan fingerprint density at radius 3 is 2.24 bits per heavy atom. The zero-order valence-electron chi connectivity index (χ0n) is 22.1. The second-order valence-corrected chi connectivity index (χ2v) is 10.3. The van der Waals surface area contributed by atoms with Crippen molar-refractivity contribution in [2.45, 2.75) is 51.4 Å². The van der Waals surface area contributed by atoms with Gasteiger partial charge in [0.2, 0.25) is 0 Å². The molecule has 204 valence electrons. The third kappa shape index (κ3) is 6.27. The van der Waals surface area contributed by atoms with E-state index in [1.165, 1.54) is 12.1 Å². The van der Waals surface area contributed by atoms with Crippen LogP contribution < -0.4 is 10.6 Å². The van der Waals surface area contributed by atoms with E-state index in [1.807, 2.05) is 24.1 Å². The third-order valence-electron chi connectivity index (χ3n) is 7.71. The highest BCUT2D eigenvalue weighted by atomic mass is 19.4. The highest BCUT2D eigenvalue weighted by Gasteiger charge is 2.41. The van der Waals surface area contributed by atoms with Crippen molar-refractivity contribution in [1.82, 2.24) is 15.1 Å². The van der Waals surface area contributed by atoms with Gasteiger partial charge in [-0.25, -0.2) is 0 Å². The zero-order chi connectivity index (χ0) is 27.5. The molecule has 2 fully saturated rings. The summed E-state index contributed by atoms with van der Waals surface area (Å²) in [7, 11) is 2.00. The molecular weight excluding hydrogens is 493 g/mol. The first-order valence-electron chi connectivity index (χ1n) is 13.0. The van der Waals surface area contributed by atoms with Crippen LogP contribution in [0.1, 0.15) is 60.2 Å². The van der Waals surface area contributed by atoms with Gasteiger partial charge in [-0.1, -0.05) is 24.3 Å². The number of alkyl halides is 3. The first kappa shape index (κ1) is 27.9. The number of carbonyl (C=O) groups is 2. The fourth-order valence-corrected chi connectivity index (χ4v) is 4.91. The number of nitrogens with zero attached hydrogens (tertiary/aromatic N) is 2. The Hall–Kier alpha value is -3.17. The maximum atomic E-state index is 14.0. The summed E-state index contributed by atoms with van der Waals surface area (Å²) < 4.78 is 42.0. The van der Waals surface area contributed by atoms with Crippen LogP contribution in [0.25, 0.3) is 0 Å². The predicted molar refractivity (Wildman–Crippen MR) is 142 cm³/mol. The Morgan fingerprint density at radius 1 is 1.03 bits per heavy atom. The fourth-order valence-electron chi connectivity index (χ4n) is 4.91. The first-order valence-corrected chi connectivity index (χ1v) is 13.0.